The predicted molar refractivity (Wildman–Crippen MR) is 80.9 cm³/mol. The highest BCUT2D eigenvalue weighted by atomic mass is 19.1. The summed E-state index contributed by atoms with van der Waals surface area (Å²) in [5, 5.41) is 3.36. The smallest absolute Gasteiger partial charge is 0.325 e. The minimum Gasteiger partial charge on any atom is -0.468 e. The highest BCUT2D eigenvalue weighted by Gasteiger charge is 2.39. The van der Waals surface area contributed by atoms with Crippen molar-refractivity contribution in [3.63, 3.8) is 0 Å². The first-order valence-corrected chi connectivity index (χ1v) is 7.27. The largest absolute Gasteiger partial charge is 0.468 e. The minimum absolute atomic E-state index is 0.248. The molecule has 116 valence electrons. The Morgan fingerprint density at radius 1 is 1.52 bits per heavy atom. The molecule has 21 heavy (non-hydrogen) atoms. The lowest BCUT2D eigenvalue weighted by Gasteiger charge is -2.31. The molecule has 0 heterocycles. The predicted octanol–water partition coefficient (Wildman–Crippen LogP) is 2.34. The maximum Gasteiger partial charge on any atom is 0.325 e. The van der Waals surface area contributed by atoms with Gasteiger partial charge in [-0.25, -0.2) is 4.39 Å². The Labute approximate surface area is 125 Å². The van der Waals surface area contributed by atoms with Crippen molar-refractivity contribution in [1.82, 2.24) is 5.32 Å². The Bertz CT molecular complexity index is 505. The lowest BCUT2D eigenvalue weighted by molar-refractivity contribution is -0.148. The molecule has 1 fully saturated rings. The van der Waals surface area contributed by atoms with Crippen molar-refractivity contribution in [2.75, 3.05) is 25.6 Å². The number of nitrogens with one attached hydrogen (secondary N) is 1. The normalized spacial score (nSPS) is 17.1. The average molecular weight is 294 g/mol. The molecular formula is C16H23FN2O2. The maximum atomic E-state index is 13.3. The fourth-order valence-electron chi connectivity index (χ4n) is 2.37. The van der Waals surface area contributed by atoms with Crippen molar-refractivity contribution in [3.8, 4) is 0 Å². The van der Waals surface area contributed by atoms with E-state index in [1.165, 1.54) is 19.2 Å². The minimum atomic E-state index is -0.697. The molecule has 5 heteroatoms. The lowest BCUT2D eigenvalue weighted by atomic mass is 9.97. The topological polar surface area (TPSA) is 41.6 Å². The molecule has 1 saturated carbocycles. The molecule has 0 radical (unpaired) electrons. The third-order valence-electron chi connectivity index (χ3n) is 3.93. The summed E-state index contributed by atoms with van der Waals surface area (Å²) in [4.78, 5) is 14.0. The van der Waals surface area contributed by atoms with Crippen LogP contribution in [0.2, 0.25) is 0 Å². The lowest BCUT2D eigenvalue weighted by Crippen LogP contribution is -2.52. The van der Waals surface area contributed by atoms with Gasteiger partial charge in [-0.05, 0) is 44.4 Å². The molecule has 0 aromatic heterocycles. The van der Waals surface area contributed by atoms with Crippen molar-refractivity contribution in [1.29, 1.82) is 0 Å². The number of methoxy groups -OCH3 is 1. The summed E-state index contributed by atoms with van der Waals surface area (Å²) in [6.45, 7) is 2.51. The number of nitrogens with zero attached hydrogens (tertiary/aromatic N) is 1. The van der Waals surface area contributed by atoms with Gasteiger partial charge in [0.05, 0.1) is 7.11 Å². The van der Waals surface area contributed by atoms with Crippen LogP contribution in [0, 0.1) is 5.82 Å². The van der Waals surface area contributed by atoms with Crippen molar-refractivity contribution in [3.05, 3.63) is 30.1 Å². The van der Waals surface area contributed by atoms with Gasteiger partial charge in [-0.15, -0.1) is 0 Å². The highest BCUT2D eigenvalue weighted by molar-refractivity contribution is 5.80. The molecule has 1 unspecified atom stereocenters. The van der Waals surface area contributed by atoms with Gasteiger partial charge in [-0.2, -0.15) is 0 Å². The van der Waals surface area contributed by atoms with Crippen LogP contribution in [0.3, 0.4) is 0 Å². The molecule has 0 amide bonds. The standard InChI is InChI=1S/C16H23FN2O2/c1-16(15(20)21-3,18-13-7-8-13)9-10-19(2)14-6-4-5-12(17)11-14/h4-6,11,13,18H,7-10H2,1-3H3. The molecule has 0 bridgehead atoms. The zero-order chi connectivity index (χ0) is 15.5. The summed E-state index contributed by atoms with van der Waals surface area (Å²) in [5.41, 5.74) is 0.103. The Morgan fingerprint density at radius 2 is 2.24 bits per heavy atom. The van der Waals surface area contributed by atoms with Crippen LogP contribution in [-0.2, 0) is 9.53 Å². The van der Waals surface area contributed by atoms with Crippen molar-refractivity contribution in [2.24, 2.45) is 0 Å². The first-order valence-electron chi connectivity index (χ1n) is 7.27. The third-order valence-corrected chi connectivity index (χ3v) is 3.93. The van der Waals surface area contributed by atoms with Crippen LogP contribution >= 0.6 is 0 Å². The van der Waals surface area contributed by atoms with Crippen LogP contribution in [0.4, 0.5) is 10.1 Å². The fourth-order valence-corrected chi connectivity index (χ4v) is 2.37. The zero-order valence-electron chi connectivity index (χ0n) is 12.9. The molecule has 1 aliphatic rings. The van der Waals surface area contributed by atoms with Gasteiger partial charge in [0.25, 0.3) is 0 Å². The van der Waals surface area contributed by atoms with E-state index in [1.807, 2.05) is 24.9 Å². The van der Waals surface area contributed by atoms with Crippen LogP contribution in [0.1, 0.15) is 26.2 Å². The highest BCUT2D eigenvalue weighted by Crippen LogP contribution is 2.25. The van der Waals surface area contributed by atoms with Crippen LogP contribution in [-0.4, -0.2) is 38.3 Å². The van der Waals surface area contributed by atoms with Crippen molar-refractivity contribution >= 4 is 11.7 Å². The second kappa shape index (κ2) is 6.43. The molecule has 0 saturated heterocycles. The Balaban J connectivity index is 1.98. The molecule has 1 aliphatic carbocycles. The van der Waals surface area contributed by atoms with E-state index < -0.39 is 5.54 Å². The van der Waals surface area contributed by atoms with E-state index in [0.29, 0.717) is 19.0 Å². The van der Waals surface area contributed by atoms with Gasteiger partial charge in [-0.1, -0.05) is 6.07 Å². The Hall–Kier alpha value is -1.62. The van der Waals surface area contributed by atoms with Crippen LogP contribution in [0.15, 0.2) is 24.3 Å². The molecule has 4 nitrogen and oxygen atoms in total. The van der Waals surface area contributed by atoms with Gasteiger partial charge in [0.1, 0.15) is 11.4 Å². The third kappa shape index (κ3) is 4.17. The summed E-state index contributed by atoms with van der Waals surface area (Å²) < 4.78 is 18.2. The van der Waals surface area contributed by atoms with E-state index in [1.54, 1.807) is 6.07 Å². The molecule has 1 atom stereocenters. The fraction of sp³-hybridized carbons (Fsp3) is 0.562. The van der Waals surface area contributed by atoms with Crippen LogP contribution < -0.4 is 10.2 Å². The molecule has 0 aliphatic heterocycles. The number of hydrogen-bond acceptors (Lipinski definition) is 4. The maximum absolute atomic E-state index is 13.3. The zero-order valence-corrected chi connectivity index (χ0v) is 12.9. The van der Waals surface area contributed by atoms with Crippen molar-refractivity contribution in [2.45, 2.75) is 37.8 Å². The van der Waals surface area contributed by atoms with E-state index in [2.05, 4.69) is 5.32 Å². The number of ether oxygens (including phenoxy) is 1. The number of halogens is 1. The first-order chi connectivity index (χ1) is 9.94. The van der Waals surface area contributed by atoms with E-state index in [-0.39, 0.29) is 11.8 Å². The van der Waals surface area contributed by atoms with E-state index in [4.69, 9.17) is 4.74 Å². The number of benzene rings is 1. The summed E-state index contributed by atoms with van der Waals surface area (Å²) in [5.74, 6) is -0.506. The number of carbonyl (C=O) groups excluding carboxylic acids is 1. The summed E-state index contributed by atoms with van der Waals surface area (Å²) in [6, 6.07) is 6.86. The van der Waals surface area contributed by atoms with Gasteiger partial charge in [0.2, 0.25) is 0 Å². The Morgan fingerprint density at radius 3 is 2.81 bits per heavy atom. The number of hydrogen-bond donors (Lipinski definition) is 1. The second-order valence-corrected chi connectivity index (χ2v) is 5.89. The van der Waals surface area contributed by atoms with Gasteiger partial charge in [0, 0.05) is 25.3 Å². The quantitative estimate of drug-likeness (QED) is 0.784. The van der Waals surface area contributed by atoms with E-state index in [0.717, 1.165) is 18.5 Å². The molecular weight excluding hydrogens is 271 g/mol. The van der Waals surface area contributed by atoms with E-state index in [9.17, 15) is 9.18 Å². The average Bonchev–Trinajstić information content (AvgIpc) is 3.27. The first kappa shape index (κ1) is 15.8. The number of rotatable bonds is 7. The van der Waals surface area contributed by atoms with Crippen molar-refractivity contribution < 1.29 is 13.9 Å². The SMILES string of the molecule is COC(=O)C(C)(CCN(C)c1cccc(F)c1)NC1CC1. The summed E-state index contributed by atoms with van der Waals surface area (Å²) in [6.07, 6.45) is 2.81. The van der Waals surface area contributed by atoms with Gasteiger partial charge < -0.3 is 9.64 Å². The number of carbonyl (C=O) groups is 1. The molecule has 1 aromatic carbocycles. The summed E-state index contributed by atoms with van der Waals surface area (Å²) >= 11 is 0. The molecule has 1 N–H and O–H groups in total. The molecule has 0 spiro atoms. The number of esters is 1. The van der Waals surface area contributed by atoms with Gasteiger partial charge in [-0.3, -0.25) is 10.1 Å². The monoisotopic (exact) mass is 294 g/mol. The van der Waals surface area contributed by atoms with Gasteiger partial charge >= 0.3 is 5.97 Å². The number of anilines is 1. The van der Waals surface area contributed by atoms with Gasteiger partial charge in [0.15, 0.2) is 0 Å². The molecule has 2 rings (SSSR count). The van der Waals surface area contributed by atoms with E-state index >= 15 is 0 Å². The summed E-state index contributed by atoms with van der Waals surface area (Å²) in [7, 11) is 3.30. The van der Waals surface area contributed by atoms with Crippen LogP contribution in [0.5, 0.6) is 0 Å². The molecule has 1 aromatic rings. The van der Waals surface area contributed by atoms with Crippen LogP contribution in [0.25, 0.3) is 0 Å². The Kier molecular flexibility index (Phi) is 4.83. The second-order valence-electron chi connectivity index (χ2n) is 5.89.